The Hall–Kier alpha value is -2.30. The Labute approximate surface area is 91.0 Å². The molecule has 0 fully saturated rings. The summed E-state index contributed by atoms with van der Waals surface area (Å²) < 4.78 is 9.52. The van der Waals surface area contributed by atoms with Crippen molar-refractivity contribution in [2.45, 2.75) is 0 Å². The maximum Gasteiger partial charge on any atom is 0.354 e. The van der Waals surface area contributed by atoms with E-state index in [-0.39, 0.29) is 5.76 Å². The maximum absolute atomic E-state index is 11.2. The molecule has 0 radical (unpaired) electrons. The molecule has 0 unspecified atom stereocenters. The van der Waals surface area contributed by atoms with Crippen molar-refractivity contribution in [3.63, 3.8) is 0 Å². The summed E-state index contributed by atoms with van der Waals surface area (Å²) in [6.07, 6.45) is 2.03. The van der Waals surface area contributed by atoms with Crippen LogP contribution in [0.4, 0.5) is 0 Å². The molecule has 2 rings (SSSR count). The van der Waals surface area contributed by atoms with E-state index in [0.717, 1.165) is 0 Å². The van der Waals surface area contributed by atoms with Crippen molar-refractivity contribution in [3.8, 4) is 11.3 Å². The SMILES string of the molecule is COC(=O)c1ccc(-c2ccoc2C=O)[nH]1. The van der Waals surface area contributed by atoms with Crippen molar-refractivity contribution < 1.29 is 18.7 Å². The van der Waals surface area contributed by atoms with Crippen LogP contribution in [0.3, 0.4) is 0 Å². The van der Waals surface area contributed by atoms with Crippen LogP contribution in [0.25, 0.3) is 11.3 Å². The minimum Gasteiger partial charge on any atom is -0.464 e. The standard InChI is InChI=1S/C11H9NO4/c1-15-11(14)9-3-2-8(12-9)7-4-5-16-10(7)6-13/h2-6,12H,1H3. The first-order valence-corrected chi connectivity index (χ1v) is 4.56. The third-order valence-electron chi connectivity index (χ3n) is 2.18. The predicted octanol–water partition coefficient (Wildman–Crippen LogP) is 1.87. The number of esters is 1. The van der Waals surface area contributed by atoms with Gasteiger partial charge in [-0.25, -0.2) is 4.79 Å². The van der Waals surface area contributed by atoms with Crippen LogP contribution in [0.2, 0.25) is 0 Å². The molecule has 0 aromatic carbocycles. The highest BCUT2D eigenvalue weighted by Gasteiger charge is 2.12. The highest BCUT2D eigenvalue weighted by Crippen LogP contribution is 2.23. The number of carbonyl (C=O) groups excluding carboxylic acids is 2. The Morgan fingerprint density at radius 2 is 2.25 bits per heavy atom. The summed E-state index contributed by atoms with van der Waals surface area (Å²) in [6.45, 7) is 0. The fourth-order valence-electron chi connectivity index (χ4n) is 1.42. The molecule has 0 saturated heterocycles. The lowest BCUT2D eigenvalue weighted by atomic mass is 10.2. The number of furan rings is 1. The molecule has 82 valence electrons. The van der Waals surface area contributed by atoms with Crippen molar-refractivity contribution in [3.05, 3.63) is 35.9 Å². The van der Waals surface area contributed by atoms with Gasteiger partial charge in [0.2, 0.25) is 0 Å². The quantitative estimate of drug-likeness (QED) is 0.631. The minimum atomic E-state index is -0.456. The molecule has 0 aliphatic heterocycles. The number of hydrogen-bond donors (Lipinski definition) is 1. The Morgan fingerprint density at radius 3 is 2.94 bits per heavy atom. The highest BCUT2D eigenvalue weighted by molar-refractivity contribution is 5.90. The van der Waals surface area contributed by atoms with Crippen molar-refractivity contribution in [2.75, 3.05) is 7.11 Å². The lowest BCUT2D eigenvalue weighted by Gasteiger charge is -1.95. The number of ether oxygens (including phenoxy) is 1. The van der Waals surface area contributed by atoms with Crippen molar-refractivity contribution in [2.24, 2.45) is 0 Å². The molecule has 0 atom stereocenters. The molecule has 2 aromatic heterocycles. The number of hydrogen-bond acceptors (Lipinski definition) is 4. The van der Waals surface area contributed by atoms with Gasteiger partial charge in [0.25, 0.3) is 0 Å². The number of aldehydes is 1. The van der Waals surface area contributed by atoms with Gasteiger partial charge in [0.1, 0.15) is 5.69 Å². The van der Waals surface area contributed by atoms with Gasteiger partial charge in [-0.15, -0.1) is 0 Å². The van der Waals surface area contributed by atoms with E-state index in [2.05, 4.69) is 9.72 Å². The van der Waals surface area contributed by atoms with Gasteiger partial charge in [0.05, 0.1) is 19.1 Å². The second-order valence-corrected chi connectivity index (χ2v) is 3.09. The van der Waals surface area contributed by atoms with E-state index in [4.69, 9.17) is 4.42 Å². The molecule has 0 saturated carbocycles. The number of H-pyrrole nitrogens is 1. The zero-order valence-electron chi connectivity index (χ0n) is 8.52. The summed E-state index contributed by atoms with van der Waals surface area (Å²) in [4.78, 5) is 24.7. The fraction of sp³-hybridized carbons (Fsp3) is 0.0909. The van der Waals surface area contributed by atoms with Crippen molar-refractivity contribution in [1.29, 1.82) is 0 Å². The van der Waals surface area contributed by atoms with Crippen LogP contribution in [0.15, 0.2) is 28.9 Å². The van der Waals surface area contributed by atoms with E-state index in [1.54, 1.807) is 18.2 Å². The Morgan fingerprint density at radius 1 is 1.44 bits per heavy atom. The largest absolute Gasteiger partial charge is 0.464 e. The molecule has 16 heavy (non-hydrogen) atoms. The van der Waals surface area contributed by atoms with Crippen LogP contribution in [-0.4, -0.2) is 24.3 Å². The molecule has 0 spiro atoms. The monoisotopic (exact) mass is 219 g/mol. The number of carbonyl (C=O) groups is 2. The average Bonchev–Trinajstić information content (AvgIpc) is 2.95. The minimum absolute atomic E-state index is 0.221. The van der Waals surface area contributed by atoms with Gasteiger partial charge in [-0.2, -0.15) is 0 Å². The van der Waals surface area contributed by atoms with E-state index < -0.39 is 5.97 Å². The Bertz CT molecular complexity index is 524. The fourth-order valence-corrected chi connectivity index (χ4v) is 1.42. The van der Waals surface area contributed by atoms with Crippen LogP contribution in [-0.2, 0) is 4.74 Å². The van der Waals surface area contributed by atoms with Crippen LogP contribution in [0.5, 0.6) is 0 Å². The third-order valence-corrected chi connectivity index (χ3v) is 2.18. The first kappa shape index (κ1) is 10.2. The lowest BCUT2D eigenvalue weighted by molar-refractivity contribution is 0.0595. The third kappa shape index (κ3) is 1.63. The summed E-state index contributed by atoms with van der Waals surface area (Å²) in [5.41, 5.74) is 1.58. The molecular formula is C11H9NO4. The van der Waals surface area contributed by atoms with Gasteiger partial charge in [-0.3, -0.25) is 4.79 Å². The van der Waals surface area contributed by atoms with Gasteiger partial charge in [0.15, 0.2) is 12.0 Å². The molecule has 0 amide bonds. The van der Waals surface area contributed by atoms with Crippen molar-refractivity contribution >= 4 is 12.3 Å². The number of aromatic amines is 1. The number of aromatic nitrogens is 1. The van der Waals surface area contributed by atoms with Gasteiger partial charge in [-0.1, -0.05) is 0 Å². The normalized spacial score (nSPS) is 10.1. The molecule has 2 heterocycles. The van der Waals surface area contributed by atoms with E-state index >= 15 is 0 Å². The van der Waals surface area contributed by atoms with Gasteiger partial charge < -0.3 is 14.1 Å². The van der Waals surface area contributed by atoms with Crippen LogP contribution < -0.4 is 0 Å². The molecular weight excluding hydrogens is 210 g/mol. The number of rotatable bonds is 3. The first-order valence-electron chi connectivity index (χ1n) is 4.56. The van der Waals surface area contributed by atoms with E-state index in [9.17, 15) is 9.59 Å². The molecule has 5 nitrogen and oxygen atoms in total. The summed E-state index contributed by atoms with van der Waals surface area (Å²) >= 11 is 0. The number of nitrogens with one attached hydrogen (secondary N) is 1. The number of methoxy groups -OCH3 is 1. The Kier molecular flexibility index (Phi) is 2.59. The Balaban J connectivity index is 2.38. The molecule has 0 bridgehead atoms. The van der Waals surface area contributed by atoms with Crippen LogP contribution in [0.1, 0.15) is 21.0 Å². The summed E-state index contributed by atoms with van der Waals surface area (Å²) in [6, 6.07) is 4.92. The molecule has 1 N–H and O–H groups in total. The topological polar surface area (TPSA) is 72.3 Å². The van der Waals surface area contributed by atoms with E-state index in [1.807, 2.05) is 0 Å². The van der Waals surface area contributed by atoms with Gasteiger partial charge in [-0.05, 0) is 18.2 Å². The molecule has 2 aromatic rings. The first-order chi connectivity index (χ1) is 7.76. The summed E-state index contributed by atoms with van der Waals surface area (Å²) in [5, 5.41) is 0. The maximum atomic E-state index is 11.2. The second-order valence-electron chi connectivity index (χ2n) is 3.09. The van der Waals surface area contributed by atoms with Crippen LogP contribution >= 0.6 is 0 Å². The predicted molar refractivity (Wildman–Crippen MR) is 55.2 cm³/mol. The lowest BCUT2D eigenvalue weighted by Crippen LogP contribution is -2.00. The van der Waals surface area contributed by atoms with Crippen LogP contribution in [0, 0.1) is 0 Å². The smallest absolute Gasteiger partial charge is 0.354 e. The second kappa shape index (κ2) is 4.06. The van der Waals surface area contributed by atoms with Crippen molar-refractivity contribution in [1.82, 2.24) is 4.98 Å². The zero-order valence-corrected chi connectivity index (χ0v) is 8.52. The van der Waals surface area contributed by atoms with Gasteiger partial charge >= 0.3 is 5.97 Å². The zero-order chi connectivity index (χ0) is 11.5. The van der Waals surface area contributed by atoms with Gasteiger partial charge in [0, 0.05) is 5.56 Å². The molecule has 0 aliphatic rings. The van der Waals surface area contributed by atoms with E-state index in [0.29, 0.717) is 23.2 Å². The van der Waals surface area contributed by atoms with E-state index in [1.165, 1.54) is 13.4 Å². The highest BCUT2D eigenvalue weighted by atomic mass is 16.5. The summed E-state index contributed by atoms with van der Waals surface area (Å²) in [5.74, 6) is -0.235. The average molecular weight is 219 g/mol. The molecule has 5 heteroatoms. The molecule has 0 aliphatic carbocycles. The summed E-state index contributed by atoms with van der Waals surface area (Å²) in [7, 11) is 1.30.